The van der Waals surface area contributed by atoms with Gasteiger partial charge in [0.05, 0.1) is 0 Å². The molecule has 0 fully saturated rings. The Morgan fingerprint density at radius 1 is 1.50 bits per heavy atom. The second kappa shape index (κ2) is 9.90. The third-order valence-electron chi connectivity index (χ3n) is 0.512. The van der Waals surface area contributed by atoms with E-state index in [9.17, 15) is 0 Å². The van der Waals surface area contributed by atoms with Crippen molar-refractivity contribution in [3.8, 4) is 0 Å². The molecule has 6 heavy (non-hydrogen) atoms. The molecule has 0 atom stereocenters. The van der Waals surface area contributed by atoms with Crippen LogP contribution in [0.5, 0.6) is 0 Å². The molecular weight excluding hydrogens is 150 g/mol. The molecule has 34 valence electrons. The zero-order valence-electron chi connectivity index (χ0n) is 3.57. The second-order valence-electron chi connectivity index (χ2n) is 1.08. The summed E-state index contributed by atoms with van der Waals surface area (Å²) in [6, 6.07) is 0. The first-order valence-electron chi connectivity index (χ1n) is 2.02. The minimum absolute atomic E-state index is 0. The summed E-state index contributed by atoms with van der Waals surface area (Å²) in [7, 11) is 0. The van der Waals surface area contributed by atoms with Crippen LogP contribution in [-0.2, 0) is 0 Å². The van der Waals surface area contributed by atoms with Gasteiger partial charge >= 0.3 is 58.2 Å². The van der Waals surface area contributed by atoms with Gasteiger partial charge in [0.2, 0.25) is 0 Å². The van der Waals surface area contributed by atoms with Crippen LogP contribution < -0.4 is 0 Å². The van der Waals surface area contributed by atoms with Gasteiger partial charge in [0, 0.05) is 6.61 Å². The van der Waals surface area contributed by atoms with Crippen LogP contribution in [0.3, 0.4) is 0 Å². The summed E-state index contributed by atoms with van der Waals surface area (Å²) in [5.41, 5.74) is 0. The number of hydrogen-bond acceptors (Lipinski definition) is 1. The third kappa shape index (κ3) is 9.23. The zero-order chi connectivity index (χ0) is 4.12. The van der Waals surface area contributed by atoms with E-state index >= 15 is 0 Å². The first-order chi connectivity index (χ1) is 2.41. The summed E-state index contributed by atoms with van der Waals surface area (Å²) in [6.45, 7) is 2.40. The molecule has 0 bridgehead atoms. The Hall–Kier alpha value is 1.77. The average molecular weight is 161 g/mol. The fourth-order valence-corrected chi connectivity index (χ4v) is 0.158. The third-order valence-corrected chi connectivity index (χ3v) is 0.512. The van der Waals surface area contributed by atoms with E-state index in [0.29, 0.717) is 6.61 Å². The predicted molar refractivity (Wildman–Crippen MR) is 29.1 cm³/mol. The normalized spacial score (nSPS) is 7.00. The number of unbranched alkanes of at least 4 members (excludes halogenated alkanes) is 1. The van der Waals surface area contributed by atoms with Gasteiger partial charge in [0.25, 0.3) is 0 Å². The van der Waals surface area contributed by atoms with Gasteiger partial charge < -0.3 is 5.11 Å². The molecule has 0 saturated heterocycles. The Morgan fingerprint density at radius 2 is 2.00 bits per heavy atom. The predicted octanol–water partition coefficient (Wildman–Crippen LogP) is 0.130. The molecule has 0 amide bonds. The molecule has 0 saturated carbocycles. The molecule has 0 heterocycles. The maximum atomic E-state index is 8.07. The molecule has 1 N–H and O–H groups in total. The van der Waals surface area contributed by atoms with E-state index in [2.05, 4.69) is 6.92 Å². The summed E-state index contributed by atoms with van der Waals surface area (Å²) in [4.78, 5) is 0. The molecule has 2 heteroatoms. The maximum absolute atomic E-state index is 8.07. The van der Waals surface area contributed by atoms with Gasteiger partial charge in [-0.1, -0.05) is 13.3 Å². The zero-order valence-corrected chi connectivity index (χ0v) is 3.57. The van der Waals surface area contributed by atoms with Crippen molar-refractivity contribution in [2.45, 2.75) is 19.8 Å². The number of aliphatic hydroxyl groups is 1. The van der Waals surface area contributed by atoms with Crippen LogP contribution in [0.25, 0.3) is 0 Å². The first-order valence-corrected chi connectivity index (χ1v) is 2.02. The molecule has 0 spiro atoms. The monoisotopic (exact) mass is 160 g/mol. The van der Waals surface area contributed by atoms with E-state index in [1.54, 1.807) is 0 Å². The Labute approximate surface area is 87.9 Å². The Balaban J connectivity index is 0. The number of rotatable bonds is 2. The Kier molecular flexibility index (Phi) is 17.6. The second-order valence-corrected chi connectivity index (χ2v) is 1.08. The van der Waals surface area contributed by atoms with Crippen LogP contribution in [0.15, 0.2) is 0 Å². The SMILES string of the molecule is CCCCO.[RbH]. The average Bonchev–Trinajstić information content (AvgIpc) is 1.41. The standard InChI is InChI=1S/C4H10O.Rb.H/c1-2-3-4-5;;/h5H,2-4H2,1H3;;. The van der Waals surface area contributed by atoms with E-state index in [-0.39, 0.29) is 58.2 Å². The summed E-state index contributed by atoms with van der Waals surface area (Å²) in [5, 5.41) is 8.07. The van der Waals surface area contributed by atoms with Crippen molar-refractivity contribution < 1.29 is 5.11 Å². The Morgan fingerprint density at radius 3 is 2.00 bits per heavy atom. The van der Waals surface area contributed by atoms with Crippen molar-refractivity contribution in [1.29, 1.82) is 0 Å². The van der Waals surface area contributed by atoms with Gasteiger partial charge in [0.1, 0.15) is 0 Å². The van der Waals surface area contributed by atoms with Crippen molar-refractivity contribution in [1.82, 2.24) is 0 Å². The summed E-state index contributed by atoms with van der Waals surface area (Å²) in [6.07, 6.45) is 2.04. The summed E-state index contributed by atoms with van der Waals surface area (Å²) >= 11 is 0. The molecule has 0 aliphatic heterocycles. The molecule has 0 aromatic rings. The van der Waals surface area contributed by atoms with Crippen LogP contribution in [0.4, 0.5) is 0 Å². The molecule has 0 unspecified atom stereocenters. The fraction of sp³-hybridized carbons (Fsp3) is 1.00. The van der Waals surface area contributed by atoms with Crippen LogP contribution in [0.2, 0.25) is 0 Å². The van der Waals surface area contributed by atoms with Gasteiger partial charge in [-0.15, -0.1) is 0 Å². The van der Waals surface area contributed by atoms with Gasteiger partial charge in [-0.2, -0.15) is 0 Å². The van der Waals surface area contributed by atoms with Gasteiger partial charge in [-0.05, 0) is 6.42 Å². The molecule has 0 aromatic heterocycles. The van der Waals surface area contributed by atoms with Gasteiger partial charge in [0.15, 0.2) is 0 Å². The van der Waals surface area contributed by atoms with E-state index in [4.69, 9.17) is 5.11 Å². The molecule has 0 rings (SSSR count). The van der Waals surface area contributed by atoms with Gasteiger partial charge in [-0.25, -0.2) is 0 Å². The van der Waals surface area contributed by atoms with Crippen molar-refractivity contribution in [3.63, 3.8) is 0 Å². The topological polar surface area (TPSA) is 20.2 Å². The quantitative estimate of drug-likeness (QED) is 0.609. The van der Waals surface area contributed by atoms with E-state index < -0.39 is 0 Å². The minimum atomic E-state index is 0. The van der Waals surface area contributed by atoms with Crippen LogP contribution in [-0.4, -0.2) is 69.9 Å². The molecule has 0 aromatic carbocycles. The van der Waals surface area contributed by atoms with Crippen LogP contribution in [0.1, 0.15) is 19.8 Å². The van der Waals surface area contributed by atoms with Crippen molar-refractivity contribution in [3.05, 3.63) is 0 Å². The van der Waals surface area contributed by atoms with E-state index in [1.807, 2.05) is 0 Å². The first kappa shape index (κ1) is 10.7. The van der Waals surface area contributed by atoms with E-state index in [0.717, 1.165) is 12.8 Å². The van der Waals surface area contributed by atoms with E-state index in [1.165, 1.54) is 0 Å². The fourth-order valence-electron chi connectivity index (χ4n) is 0.158. The molecule has 0 aliphatic rings. The molecule has 0 aliphatic carbocycles. The molecular formula is C4H11ORb. The summed E-state index contributed by atoms with van der Waals surface area (Å²) in [5.74, 6) is 0. The Bertz CT molecular complexity index is 15.0. The molecule has 1 nitrogen and oxygen atoms in total. The number of hydrogen-bond donors (Lipinski definition) is 1. The van der Waals surface area contributed by atoms with Crippen molar-refractivity contribution >= 4 is 58.2 Å². The van der Waals surface area contributed by atoms with Crippen LogP contribution in [0, 0.1) is 0 Å². The van der Waals surface area contributed by atoms with Crippen LogP contribution >= 0.6 is 0 Å². The van der Waals surface area contributed by atoms with Crippen molar-refractivity contribution in [2.24, 2.45) is 0 Å². The summed E-state index contributed by atoms with van der Waals surface area (Å²) < 4.78 is 0. The molecule has 0 radical (unpaired) electrons. The number of aliphatic hydroxyl groups excluding tert-OH is 1. The van der Waals surface area contributed by atoms with Crippen molar-refractivity contribution in [2.75, 3.05) is 6.61 Å². The van der Waals surface area contributed by atoms with Gasteiger partial charge in [-0.3, -0.25) is 0 Å².